The number of nitrogens with zero attached hydrogens (tertiary/aromatic N) is 3. The average Bonchev–Trinajstić information content (AvgIpc) is 2.93. The fraction of sp³-hybridized carbons (Fsp3) is 0.148. The summed E-state index contributed by atoms with van der Waals surface area (Å²) in [6, 6.07) is 17.5. The molecule has 1 heterocycles. The van der Waals surface area contributed by atoms with E-state index < -0.39 is 11.9 Å². The van der Waals surface area contributed by atoms with Gasteiger partial charge in [-0.2, -0.15) is 0 Å². The van der Waals surface area contributed by atoms with Crippen LogP contribution >= 0.6 is 0 Å². The zero-order valence-electron chi connectivity index (χ0n) is 20.2. The molecule has 0 spiro atoms. The zero-order chi connectivity index (χ0) is 26.2. The number of phenols is 2. The third kappa shape index (κ3) is 5.30. The summed E-state index contributed by atoms with van der Waals surface area (Å²) in [4.78, 5) is 37.2. The molecule has 0 atom stereocenters. The van der Waals surface area contributed by atoms with E-state index in [-0.39, 0.29) is 40.1 Å². The van der Waals surface area contributed by atoms with E-state index in [2.05, 4.69) is 15.0 Å². The van der Waals surface area contributed by atoms with Crippen LogP contribution in [-0.2, 0) is 9.47 Å². The largest absolute Gasteiger partial charge is 0.507 e. The first-order valence-corrected chi connectivity index (χ1v) is 11.1. The van der Waals surface area contributed by atoms with Gasteiger partial charge in [0.25, 0.3) is 0 Å². The van der Waals surface area contributed by atoms with Gasteiger partial charge in [0.1, 0.15) is 17.1 Å². The molecule has 4 aromatic rings. The molecule has 0 aliphatic heterocycles. The van der Waals surface area contributed by atoms with Crippen LogP contribution < -0.4 is 0 Å². The standard InChI is InChI=1S/C25H19N3O6.C2H6/c1-33-24(31)15-12-10-14(11-13-15)21-26-22(16-6-3-4-9-19(16)29)28-23(27-21)17-7-5-8-18(20(17)30)25(32)34-2;1-2/h3-13,29-30H,1-2H3;1-2H3. The first-order chi connectivity index (χ1) is 17.4. The number of rotatable bonds is 5. The number of aromatic hydroxyl groups is 2. The molecule has 9 heteroatoms. The third-order valence-corrected chi connectivity index (χ3v) is 5.03. The molecule has 1 aromatic heterocycles. The van der Waals surface area contributed by atoms with Gasteiger partial charge in [-0.15, -0.1) is 0 Å². The number of ether oxygens (including phenoxy) is 2. The summed E-state index contributed by atoms with van der Waals surface area (Å²) in [5, 5.41) is 21.1. The van der Waals surface area contributed by atoms with Crippen LogP contribution in [0, 0.1) is 0 Å². The Labute approximate surface area is 208 Å². The monoisotopic (exact) mass is 487 g/mol. The van der Waals surface area contributed by atoms with Gasteiger partial charge in [0.15, 0.2) is 17.5 Å². The highest BCUT2D eigenvalue weighted by Gasteiger charge is 2.20. The van der Waals surface area contributed by atoms with E-state index in [4.69, 9.17) is 9.47 Å². The van der Waals surface area contributed by atoms with Gasteiger partial charge in [-0.05, 0) is 36.4 Å². The van der Waals surface area contributed by atoms with Crippen molar-refractivity contribution in [1.82, 2.24) is 15.0 Å². The molecule has 0 fully saturated rings. The van der Waals surface area contributed by atoms with Crippen molar-refractivity contribution in [3.05, 3.63) is 77.9 Å². The molecule has 36 heavy (non-hydrogen) atoms. The van der Waals surface area contributed by atoms with Crippen LogP contribution in [0.5, 0.6) is 11.5 Å². The minimum Gasteiger partial charge on any atom is -0.507 e. The van der Waals surface area contributed by atoms with Crippen molar-refractivity contribution in [3.63, 3.8) is 0 Å². The number of benzene rings is 3. The topological polar surface area (TPSA) is 132 Å². The quantitative estimate of drug-likeness (QED) is 0.378. The summed E-state index contributed by atoms with van der Waals surface area (Å²) in [5.41, 5.74) is 1.38. The second-order valence-electron chi connectivity index (χ2n) is 7.09. The highest BCUT2D eigenvalue weighted by Crippen LogP contribution is 2.34. The minimum absolute atomic E-state index is 0.0424. The number of carbonyl (C=O) groups excluding carboxylic acids is 2. The number of esters is 2. The highest BCUT2D eigenvalue weighted by molar-refractivity contribution is 5.95. The second kappa shape index (κ2) is 11.6. The molecule has 0 saturated heterocycles. The fourth-order valence-electron chi connectivity index (χ4n) is 3.28. The average molecular weight is 488 g/mol. The van der Waals surface area contributed by atoms with Crippen LogP contribution in [-0.4, -0.2) is 51.3 Å². The number of methoxy groups -OCH3 is 2. The Balaban J connectivity index is 0.00000176. The first-order valence-electron chi connectivity index (χ1n) is 11.1. The second-order valence-corrected chi connectivity index (χ2v) is 7.09. The summed E-state index contributed by atoms with van der Waals surface area (Å²) in [6.07, 6.45) is 0. The molecule has 3 aromatic carbocycles. The lowest BCUT2D eigenvalue weighted by molar-refractivity contribution is 0.0590. The third-order valence-electron chi connectivity index (χ3n) is 5.03. The fourth-order valence-corrected chi connectivity index (χ4v) is 3.28. The smallest absolute Gasteiger partial charge is 0.341 e. The van der Waals surface area contributed by atoms with Gasteiger partial charge >= 0.3 is 11.9 Å². The van der Waals surface area contributed by atoms with E-state index in [9.17, 15) is 19.8 Å². The number of hydrogen-bond acceptors (Lipinski definition) is 9. The van der Waals surface area contributed by atoms with Crippen LogP contribution in [0.3, 0.4) is 0 Å². The Morgan fingerprint density at radius 1 is 0.667 bits per heavy atom. The number of phenolic OH excluding ortho intramolecular Hbond substituents is 2. The molecule has 4 rings (SSSR count). The van der Waals surface area contributed by atoms with Crippen LogP contribution in [0.15, 0.2) is 66.7 Å². The zero-order valence-corrected chi connectivity index (χ0v) is 20.2. The molecule has 0 bridgehead atoms. The lowest BCUT2D eigenvalue weighted by atomic mass is 10.1. The SMILES string of the molecule is CC.COC(=O)c1ccc(-c2nc(-c3ccccc3O)nc(-c3cccc(C(=O)OC)c3O)n2)cc1. The van der Waals surface area contributed by atoms with Crippen molar-refractivity contribution in [1.29, 1.82) is 0 Å². The molecule has 0 saturated carbocycles. The maximum atomic E-state index is 12.0. The van der Waals surface area contributed by atoms with E-state index in [0.29, 0.717) is 16.7 Å². The van der Waals surface area contributed by atoms with Crippen molar-refractivity contribution in [2.75, 3.05) is 14.2 Å². The minimum atomic E-state index is -0.715. The number of aromatic nitrogens is 3. The molecule has 2 N–H and O–H groups in total. The van der Waals surface area contributed by atoms with E-state index in [0.717, 1.165) is 0 Å². The molecule has 0 unspecified atom stereocenters. The van der Waals surface area contributed by atoms with Gasteiger partial charge in [-0.1, -0.05) is 44.2 Å². The Kier molecular flexibility index (Phi) is 8.30. The number of hydrogen-bond donors (Lipinski definition) is 2. The summed E-state index contributed by atoms with van der Waals surface area (Å²) in [6.45, 7) is 4.00. The maximum Gasteiger partial charge on any atom is 0.341 e. The Bertz CT molecular complexity index is 1390. The molecular formula is C27H25N3O6. The molecule has 0 radical (unpaired) electrons. The molecule has 0 amide bonds. The molecular weight excluding hydrogens is 462 g/mol. The summed E-state index contributed by atoms with van der Waals surface area (Å²) >= 11 is 0. The lowest BCUT2D eigenvalue weighted by Gasteiger charge is -2.11. The number of para-hydroxylation sites is 2. The van der Waals surface area contributed by atoms with Crippen LogP contribution in [0.2, 0.25) is 0 Å². The van der Waals surface area contributed by atoms with E-state index in [1.54, 1.807) is 54.6 Å². The van der Waals surface area contributed by atoms with Crippen molar-refractivity contribution in [2.24, 2.45) is 0 Å². The van der Waals surface area contributed by atoms with Gasteiger partial charge in [0.2, 0.25) is 0 Å². The predicted octanol–water partition coefficient (Wildman–Crippen LogP) is 4.88. The van der Waals surface area contributed by atoms with Crippen molar-refractivity contribution < 1.29 is 29.3 Å². The van der Waals surface area contributed by atoms with Crippen molar-refractivity contribution >= 4 is 11.9 Å². The van der Waals surface area contributed by atoms with Crippen molar-refractivity contribution in [2.45, 2.75) is 13.8 Å². The van der Waals surface area contributed by atoms with E-state index in [1.807, 2.05) is 13.8 Å². The van der Waals surface area contributed by atoms with Crippen molar-refractivity contribution in [3.8, 4) is 45.7 Å². The molecule has 0 aliphatic carbocycles. The van der Waals surface area contributed by atoms with E-state index >= 15 is 0 Å². The Morgan fingerprint density at radius 3 is 1.83 bits per heavy atom. The predicted molar refractivity (Wildman–Crippen MR) is 133 cm³/mol. The Morgan fingerprint density at radius 2 is 1.22 bits per heavy atom. The van der Waals surface area contributed by atoms with Gasteiger partial charge in [0, 0.05) is 5.56 Å². The highest BCUT2D eigenvalue weighted by atomic mass is 16.5. The van der Waals surface area contributed by atoms with Crippen LogP contribution in [0.25, 0.3) is 34.2 Å². The number of carbonyl (C=O) groups is 2. The van der Waals surface area contributed by atoms with Gasteiger partial charge in [0.05, 0.1) is 30.9 Å². The summed E-state index contributed by atoms with van der Waals surface area (Å²) in [7, 11) is 2.51. The van der Waals surface area contributed by atoms with Crippen LogP contribution in [0.1, 0.15) is 34.6 Å². The summed E-state index contributed by atoms with van der Waals surface area (Å²) < 4.78 is 9.45. The molecule has 184 valence electrons. The van der Waals surface area contributed by atoms with Crippen LogP contribution in [0.4, 0.5) is 0 Å². The Hall–Kier alpha value is -4.79. The molecule has 0 aliphatic rings. The van der Waals surface area contributed by atoms with Gasteiger partial charge in [-0.25, -0.2) is 24.5 Å². The summed E-state index contributed by atoms with van der Waals surface area (Å²) in [5.74, 6) is -1.14. The lowest BCUT2D eigenvalue weighted by Crippen LogP contribution is -2.04. The first kappa shape index (κ1) is 25.8. The van der Waals surface area contributed by atoms with Gasteiger partial charge < -0.3 is 19.7 Å². The molecule has 9 nitrogen and oxygen atoms in total. The van der Waals surface area contributed by atoms with E-state index in [1.165, 1.54) is 26.4 Å². The normalized spacial score (nSPS) is 10.1. The van der Waals surface area contributed by atoms with Gasteiger partial charge in [-0.3, -0.25) is 0 Å². The maximum absolute atomic E-state index is 12.0.